The largest absolute Gasteiger partial charge is 0.254 e. The summed E-state index contributed by atoms with van der Waals surface area (Å²) in [5, 5.41) is 0. The molecule has 0 aliphatic rings. The van der Waals surface area contributed by atoms with Gasteiger partial charge in [0, 0.05) is 12.1 Å². The molecule has 0 saturated carbocycles. The number of hydrogen-bond donors (Lipinski definition) is 0. The Morgan fingerprint density at radius 3 is 2.53 bits per heavy atom. The second-order valence-electron chi connectivity index (χ2n) is 3.58. The van der Waals surface area contributed by atoms with Crippen molar-refractivity contribution in [2.45, 2.75) is 19.3 Å². The molecule has 0 saturated heterocycles. The Bertz CT molecular complexity index is 355. The van der Waals surface area contributed by atoms with Gasteiger partial charge in [-0.15, -0.1) is 0 Å². The highest BCUT2D eigenvalue weighted by Gasteiger charge is 2.11. The summed E-state index contributed by atoms with van der Waals surface area (Å²) in [7, 11) is 0. The van der Waals surface area contributed by atoms with Crippen molar-refractivity contribution < 1.29 is 0 Å². The van der Waals surface area contributed by atoms with Crippen LogP contribution in [0.4, 0.5) is 0 Å². The zero-order valence-corrected chi connectivity index (χ0v) is 8.85. The van der Waals surface area contributed by atoms with Crippen LogP contribution < -0.4 is 0 Å². The second kappa shape index (κ2) is 4.74. The van der Waals surface area contributed by atoms with E-state index >= 15 is 0 Å². The number of benzene rings is 1. The van der Waals surface area contributed by atoms with Crippen molar-refractivity contribution in [2.75, 3.05) is 0 Å². The van der Waals surface area contributed by atoms with E-state index in [9.17, 15) is 0 Å². The van der Waals surface area contributed by atoms with Crippen molar-refractivity contribution in [3.63, 3.8) is 0 Å². The van der Waals surface area contributed by atoms with Crippen LogP contribution in [-0.4, -0.2) is 4.98 Å². The smallest absolute Gasteiger partial charge is 0.0927 e. The van der Waals surface area contributed by atoms with Crippen LogP contribution in [0.2, 0.25) is 0 Å². The molecular weight excluding hydrogens is 182 g/mol. The number of nitrogens with zero attached hydrogens (tertiary/aromatic N) is 1. The molecule has 1 heterocycles. The van der Waals surface area contributed by atoms with Gasteiger partial charge in [-0.1, -0.05) is 43.3 Å². The standard InChI is InChI=1S/C14H14N/c1-2-14(12-7-4-3-5-8-12)13-9-6-10-15-11-13/h3-10,14H,2H2,1H3. The van der Waals surface area contributed by atoms with Gasteiger partial charge in [-0.3, -0.25) is 4.98 Å². The maximum Gasteiger partial charge on any atom is 0.0927 e. The molecule has 1 aromatic carbocycles. The Hall–Kier alpha value is -1.63. The van der Waals surface area contributed by atoms with E-state index in [0.29, 0.717) is 5.92 Å². The number of hydrogen-bond acceptors (Lipinski definition) is 1. The Labute approximate surface area is 90.8 Å². The Balaban J connectivity index is 2.34. The lowest BCUT2D eigenvalue weighted by Crippen LogP contribution is -1.99. The van der Waals surface area contributed by atoms with Gasteiger partial charge in [-0.25, -0.2) is 0 Å². The van der Waals surface area contributed by atoms with Gasteiger partial charge in [0.2, 0.25) is 0 Å². The van der Waals surface area contributed by atoms with Crippen LogP contribution >= 0.6 is 0 Å². The first-order chi connectivity index (χ1) is 7.42. The minimum absolute atomic E-state index is 0.417. The van der Waals surface area contributed by atoms with Crippen molar-refractivity contribution in [2.24, 2.45) is 0 Å². The predicted octanol–water partition coefficient (Wildman–Crippen LogP) is 3.42. The molecule has 1 unspecified atom stereocenters. The highest BCUT2D eigenvalue weighted by Crippen LogP contribution is 2.26. The fourth-order valence-corrected chi connectivity index (χ4v) is 1.85. The molecular formula is C14H14N. The molecule has 75 valence electrons. The van der Waals surface area contributed by atoms with Gasteiger partial charge in [0.1, 0.15) is 0 Å². The van der Waals surface area contributed by atoms with E-state index in [1.807, 2.05) is 12.1 Å². The molecule has 1 atom stereocenters. The summed E-state index contributed by atoms with van der Waals surface area (Å²) in [5.41, 5.74) is 2.51. The first kappa shape index (κ1) is 9.91. The SMILES string of the molecule is CCC(c1[c]nccc1)c1ccccc1. The summed E-state index contributed by atoms with van der Waals surface area (Å²) in [6.45, 7) is 2.19. The predicted molar refractivity (Wildman–Crippen MR) is 61.6 cm³/mol. The molecule has 0 N–H and O–H groups in total. The van der Waals surface area contributed by atoms with Crippen LogP contribution in [-0.2, 0) is 0 Å². The van der Waals surface area contributed by atoms with Gasteiger partial charge < -0.3 is 0 Å². The molecule has 0 aliphatic heterocycles. The van der Waals surface area contributed by atoms with E-state index < -0.39 is 0 Å². The molecule has 0 amide bonds. The third kappa shape index (κ3) is 2.24. The van der Waals surface area contributed by atoms with Gasteiger partial charge >= 0.3 is 0 Å². The molecule has 1 radical (unpaired) electrons. The number of rotatable bonds is 3. The molecule has 2 rings (SSSR count). The number of pyridine rings is 1. The minimum atomic E-state index is 0.417. The van der Waals surface area contributed by atoms with Gasteiger partial charge in [0.25, 0.3) is 0 Å². The van der Waals surface area contributed by atoms with Crippen LogP contribution in [0, 0.1) is 6.20 Å². The van der Waals surface area contributed by atoms with Crippen LogP contribution in [0.3, 0.4) is 0 Å². The average Bonchev–Trinajstić information content (AvgIpc) is 2.33. The summed E-state index contributed by atoms with van der Waals surface area (Å²) in [6.07, 6.45) is 5.91. The average molecular weight is 196 g/mol. The zero-order chi connectivity index (χ0) is 10.5. The lowest BCUT2D eigenvalue weighted by Gasteiger charge is -2.14. The van der Waals surface area contributed by atoms with Crippen molar-refractivity contribution in [3.8, 4) is 0 Å². The van der Waals surface area contributed by atoms with Crippen molar-refractivity contribution >= 4 is 0 Å². The summed E-state index contributed by atoms with van der Waals surface area (Å²) in [5.74, 6) is 0.417. The second-order valence-corrected chi connectivity index (χ2v) is 3.58. The van der Waals surface area contributed by atoms with Gasteiger partial charge in [-0.05, 0) is 23.6 Å². The normalized spacial score (nSPS) is 12.3. The van der Waals surface area contributed by atoms with Gasteiger partial charge in [-0.2, -0.15) is 0 Å². The maximum absolute atomic E-state index is 4.05. The van der Waals surface area contributed by atoms with E-state index in [1.165, 1.54) is 11.1 Å². The third-order valence-corrected chi connectivity index (χ3v) is 2.62. The lowest BCUT2D eigenvalue weighted by atomic mass is 9.90. The molecule has 0 spiro atoms. The number of aromatic nitrogens is 1. The topological polar surface area (TPSA) is 12.9 Å². The molecule has 0 bridgehead atoms. The maximum atomic E-state index is 4.05. The molecule has 1 heteroatoms. The fraction of sp³-hybridized carbons (Fsp3) is 0.214. The van der Waals surface area contributed by atoms with E-state index in [1.54, 1.807) is 6.20 Å². The van der Waals surface area contributed by atoms with E-state index in [0.717, 1.165) is 6.42 Å². The molecule has 2 aromatic rings. The molecule has 0 fully saturated rings. The monoisotopic (exact) mass is 196 g/mol. The van der Waals surface area contributed by atoms with Gasteiger partial charge in [0.15, 0.2) is 0 Å². The third-order valence-electron chi connectivity index (χ3n) is 2.62. The lowest BCUT2D eigenvalue weighted by molar-refractivity contribution is 0.771. The van der Waals surface area contributed by atoms with E-state index in [2.05, 4.69) is 48.4 Å². The van der Waals surface area contributed by atoms with Crippen molar-refractivity contribution in [1.29, 1.82) is 0 Å². The molecule has 15 heavy (non-hydrogen) atoms. The van der Waals surface area contributed by atoms with E-state index in [4.69, 9.17) is 0 Å². The first-order valence-corrected chi connectivity index (χ1v) is 5.29. The van der Waals surface area contributed by atoms with Crippen LogP contribution in [0.5, 0.6) is 0 Å². The highest BCUT2D eigenvalue weighted by molar-refractivity contribution is 5.29. The van der Waals surface area contributed by atoms with Crippen LogP contribution in [0.1, 0.15) is 30.4 Å². The molecule has 1 nitrogen and oxygen atoms in total. The fourth-order valence-electron chi connectivity index (χ4n) is 1.85. The summed E-state index contributed by atoms with van der Waals surface area (Å²) in [6, 6.07) is 14.6. The summed E-state index contributed by atoms with van der Waals surface area (Å²) in [4.78, 5) is 4.05. The first-order valence-electron chi connectivity index (χ1n) is 5.29. The van der Waals surface area contributed by atoms with Gasteiger partial charge in [0.05, 0.1) is 6.20 Å². The molecule has 0 aliphatic carbocycles. The Morgan fingerprint density at radius 1 is 1.13 bits per heavy atom. The highest BCUT2D eigenvalue weighted by atomic mass is 14.6. The summed E-state index contributed by atoms with van der Waals surface area (Å²) < 4.78 is 0. The zero-order valence-electron chi connectivity index (χ0n) is 8.85. The van der Waals surface area contributed by atoms with E-state index in [-0.39, 0.29) is 0 Å². The minimum Gasteiger partial charge on any atom is -0.254 e. The van der Waals surface area contributed by atoms with Crippen molar-refractivity contribution in [1.82, 2.24) is 4.98 Å². The molecule has 1 aromatic heterocycles. The summed E-state index contributed by atoms with van der Waals surface area (Å²) >= 11 is 0. The van der Waals surface area contributed by atoms with Crippen molar-refractivity contribution in [3.05, 3.63) is 66.0 Å². The van der Waals surface area contributed by atoms with Crippen LogP contribution in [0.15, 0.2) is 48.7 Å². The Morgan fingerprint density at radius 2 is 1.93 bits per heavy atom. The Kier molecular flexibility index (Phi) is 3.13. The quantitative estimate of drug-likeness (QED) is 0.733. The van der Waals surface area contributed by atoms with Crippen LogP contribution in [0.25, 0.3) is 0 Å².